The third-order valence-corrected chi connectivity index (χ3v) is 6.57. The molecule has 0 saturated heterocycles. The fourth-order valence-corrected chi connectivity index (χ4v) is 5.18. The van der Waals surface area contributed by atoms with Gasteiger partial charge in [-0.05, 0) is 30.3 Å². The molecule has 1 amide bonds. The van der Waals surface area contributed by atoms with E-state index in [0.717, 1.165) is 44.2 Å². The van der Waals surface area contributed by atoms with Gasteiger partial charge < -0.3 is 14.9 Å². The Labute approximate surface area is 178 Å². The number of anilines is 1. The monoisotopic (exact) mass is 411 g/mol. The number of benzene rings is 3. The van der Waals surface area contributed by atoms with Crippen molar-refractivity contribution in [3.05, 3.63) is 101 Å². The molecule has 1 aliphatic heterocycles. The lowest BCUT2D eigenvalue weighted by molar-refractivity contribution is -0.120. The first-order valence-corrected chi connectivity index (χ1v) is 10.2. The molecule has 0 fully saturated rings. The number of likely N-dealkylation sites (N-methyl/N-ethyl adjacent to an activating group) is 1. The standard InChI is InChI=1S/C25H18ClN3O/c1-29-23-11-10-15(26)12-18(23)25(24(29)30,19-13-27-21-8-4-2-6-16(19)21)20-14-28-22-9-5-3-7-17(20)22/h2-14,27-28H,1H3. The summed E-state index contributed by atoms with van der Waals surface area (Å²) in [7, 11) is 1.83. The predicted molar refractivity (Wildman–Crippen MR) is 121 cm³/mol. The van der Waals surface area contributed by atoms with Gasteiger partial charge in [-0.2, -0.15) is 0 Å². The zero-order valence-corrected chi connectivity index (χ0v) is 17.0. The molecule has 2 N–H and O–H groups in total. The van der Waals surface area contributed by atoms with E-state index in [4.69, 9.17) is 11.6 Å². The van der Waals surface area contributed by atoms with Crippen LogP contribution in [0.5, 0.6) is 0 Å². The van der Waals surface area contributed by atoms with Crippen molar-refractivity contribution >= 4 is 45.0 Å². The number of hydrogen-bond donors (Lipinski definition) is 2. The van der Waals surface area contributed by atoms with Crippen LogP contribution in [-0.4, -0.2) is 22.9 Å². The first kappa shape index (κ1) is 17.4. The van der Waals surface area contributed by atoms with Crippen molar-refractivity contribution in [3.8, 4) is 0 Å². The highest BCUT2D eigenvalue weighted by atomic mass is 35.5. The van der Waals surface area contributed by atoms with Gasteiger partial charge in [-0.25, -0.2) is 0 Å². The highest BCUT2D eigenvalue weighted by Crippen LogP contribution is 2.53. The first-order chi connectivity index (χ1) is 14.6. The Morgan fingerprint density at radius 2 is 1.37 bits per heavy atom. The number of nitrogens with one attached hydrogen (secondary N) is 2. The van der Waals surface area contributed by atoms with Crippen LogP contribution in [0.15, 0.2) is 79.1 Å². The second-order valence-electron chi connectivity index (χ2n) is 7.77. The predicted octanol–water partition coefficient (Wildman–Crippen LogP) is 5.61. The zero-order valence-electron chi connectivity index (χ0n) is 16.2. The number of H-pyrrole nitrogens is 2. The third kappa shape index (κ3) is 2.04. The van der Waals surface area contributed by atoms with Crippen LogP contribution in [0.2, 0.25) is 5.02 Å². The average molecular weight is 412 g/mol. The van der Waals surface area contributed by atoms with Crippen molar-refractivity contribution < 1.29 is 4.79 Å². The second-order valence-corrected chi connectivity index (χ2v) is 8.21. The Bertz CT molecular complexity index is 1390. The topological polar surface area (TPSA) is 51.9 Å². The maximum Gasteiger partial charge on any atom is 0.246 e. The lowest BCUT2D eigenvalue weighted by Gasteiger charge is -2.28. The number of halogens is 1. The molecule has 0 spiro atoms. The van der Waals surface area contributed by atoms with E-state index in [9.17, 15) is 4.79 Å². The van der Waals surface area contributed by atoms with Crippen LogP contribution >= 0.6 is 11.6 Å². The average Bonchev–Trinajstić information content (AvgIpc) is 3.44. The van der Waals surface area contributed by atoms with Crippen molar-refractivity contribution in [1.82, 2.24) is 9.97 Å². The molecule has 0 unspecified atom stereocenters. The van der Waals surface area contributed by atoms with E-state index in [-0.39, 0.29) is 5.91 Å². The molecule has 6 rings (SSSR count). The maximum atomic E-state index is 14.1. The van der Waals surface area contributed by atoms with Crippen LogP contribution in [0.3, 0.4) is 0 Å². The third-order valence-electron chi connectivity index (χ3n) is 6.34. The van der Waals surface area contributed by atoms with Gasteiger partial charge in [-0.15, -0.1) is 0 Å². The molecule has 2 aromatic heterocycles. The molecule has 0 radical (unpaired) electrons. The fraction of sp³-hybridized carbons (Fsp3) is 0.0800. The van der Waals surface area contributed by atoms with Gasteiger partial charge in [0.05, 0.1) is 0 Å². The number of aromatic amines is 2. The summed E-state index contributed by atoms with van der Waals surface area (Å²) < 4.78 is 0. The van der Waals surface area contributed by atoms with Crippen LogP contribution in [0.25, 0.3) is 21.8 Å². The molecule has 0 saturated carbocycles. The summed E-state index contributed by atoms with van der Waals surface area (Å²) in [6.07, 6.45) is 3.93. The summed E-state index contributed by atoms with van der Waals surface area (Å²) in [5.41, 5.74) is 4.63. The number of hydrogen-bond acceptors (Lipinski definition) is 1. The maximum absolute atomic E-state index is 14.1. The van der Waals surface area contributed by atoms with Crippen molar-refractivity contribution in [2.45, 2.75) is 5.41 Å². The van der Waals surface area contributed by atoms with Crippen LogP contribution in [0.1, 0.15) is 16.7 Å². The molecule has 0 atom stereocenters. The van der Waals surface area contributed by atoms with Crippen LogP contribution < -0.4 is 4.90 Å². The number of amides is 1. The number of rotatable bonds is 2. The Hall–Kier alpha value is -3.50. The van der Waals surface area contributed by atoms with Crippen molar-refractivity contribution in [2.75, 3.05) is 11.9 Å². The second kappa shape index (κ2) is 6.00. The minimum absolute atomic E-state index is 0.00859. The highest BCUT2D eigenvalue weighted by molar-refractivity contribution is 6.31. The summed E-state index contributed by atoms with van der Waals surface area (Å²) in [4.78, 5) is 22.6. The molecule has 3 heterocycles. The lowest BCUT2D eigenvalue weighted by atomic mass is 9.70. The molecule has 5 heteroatoms. The van der Waals surface area contributed by atoms with Gasteiger partial charge in [0.2, 0.25) is 5.91 Å². The van der Waals surface area contributed by atoms with Crippen LogP contribution in [0.4, 0.5) is 5.69 Å². The SMILES string of the molecule is CN1C(=O)C(c2c[nH]c3ccccc23)(c2c[nH]c3ccccc23)c2cc(Cl)ccc21. The number of nitrogens with zero attached hydrogens (tertiary/aromatic N) is 1. The number of aromatic nitrogens is 2. The summed E-state index contributed by atoms with van der Waals surface area (Å²) in [5, 5.41) is 2.66. The molecule has 1 aliphatic rings. The Balaban J connectivity index is 1.82. The minimum atomic E-state index is -1.01. The van der Waals surface area contributed by atoms with E-state index in [0.29, 0.717) is 5.02 Å². The van der Waals surface area contributed by atoms with E-state index in [1.165, 1.54) is 0 Å². The Morgan fingerprint density at radius 1 is 0.800 bits per heavy atom. The number of carbonyl (C=O) groups excluding carboxylic acids is 1. The van der Waals surface area contributed by atoms with E-state index in [2.05, 4.69) is 22.1 Å². The lowest BCUT2D eigenvalue weighted by Crippen LogP contribution is -2.40. The van der Waals surface area contributed by atoms with Gasteiger partial charge in [-0.1, -0.05) is 48.0 Å². The first-order valence-electron chi connectivity index (χ1n) is 9.83. The van der Waals surface area contributed by atoms with E-state index >= 15 is 0 Å². The van der Waals surface area contributed by atoms with Crippen molar-refractivity contribution in [3.63, 3.8) is 0 Å². The highest BCUT2D eigenvalue weighted by Gasteiger charge is 2.54. The van der Waals surface area contributed by atoms with E-state index < -0.39 is 5.41 Å². The van der Waals surface area contributed by atoms with Gasteiger partial charge in [0, 0.05) is 68.6 Å². The van der Waals surface area contributed by atoms with Gasteiger partial charge in [0.15, 0.2) is 0 Å². The smallest absolute Gasteiger partial charge is 0.246 e. The Morgan fingerprint density at radius 3 is 1.97 bits per heavy atom. The van der Waals surface area contributed by atoms with Crippen molar-refractivity contribution in [2.24, 2.45) is 0 Å². The number of para-hydroxylation sites is 2. The van der Waals surface area contributed by atoms with E-state index in [1.807, 2.05) is 74.0 Å². The number of carbonyl (C=O) groups is 1. The molecule has 5 aromatic rings. The zero-order chi connectivity index (χ0) is 20.5. The van der Waals surface area contributed by atoms with E-state index in [1.54, 1.807) is 4.90 Å². The molecule has 4 nitrogen and oxygen atoms in total. The molecule has 146 valence electrons. The van der Waals surface area contributed by atoms with Gasteiger partial charge in [-0.3, -0.25) is 4.79 Å². The number of fused-ring (bicyclic) bond motifs is 3. The van der Waals surface area contributed by atoms with Gasteiger partial charge in [0.25, 0.3) is 0 Å². The molecular weight excluding hydrogens is 394 g/mol. The molecular formula is C25H18ClN3O. The summed E-state index contributed by atoms with van der Waals surface area (Å²) in [6, 6.07) is 21.9. The largest absolute Gasteiger partial charge is 0.361 e. The van der Waals surface area contributed by atoms with Gasteiger partial charge >= 0.3 is 0 Å². The summed E-state index contributed by atoms with van der Waals surface area (Å²) in [5.74, 6) is 0.00859. The minimum Gasteiger partial charge on any atom is -0.361 e. The quantitative estimate of drug-likeness (QED) is 0.389. The van der Waals surface area contributed by atoms with Crippen LogP contribution in [0, 0.1) is 0 Å². The van der Waals surface area contributed by atoms with Gasteiger partial charge in [0.1, 0.15) is 5.41 Å². The Kier molecular flexibility index (Phi) is 3.47. The van der Waals surface area contributed by atoms with Crippen LogP contribution in [-0.2, 0) is 10.2 Å². The molecule has 30 heavy (non-hydrogen) atoms. The van der Waals surface area contributed by atoms with Crippen molar-refractivity contribution in [1.29, 1.82) is 0 Å². The molecule has 0 bridgehead atoms. The summed E-state index contributed by atoms with van der Waals surface area (Å²) in [6.45, 7) is 0. The molecule has 0 aliphatic carbocycles. The summed E-state index contributed by atoms with van der Waals surface area (Å²) >= 11 is 6.46. The molecule has 3 aromatic carbocycles. The normalized spacial score (nSPS) is 15.3. The fourth-order valence-electron chi connectivity index (χ4n) is 5.01.